The third-order valence-corrected chi connectivity index (χ3v) is 3.90. The summed E-state index contributed by atoms with van der Waals surface area (Å²) in [7, 11) is 0. The fraction of sp³-hybridized carbons (Fsp3) is 0.105. The Morgan fingerprint density at radius 1 is 1.22 bits per heavy atom. The van der Waals surface area contributed by atoms with Crippen molar-refractivity contribution in [3.8, 4) is 5.75 Å². The van der Waals surface area contributed by atoms with Crippen molar-refractivity contribution in [1.29, 1.82) is 0 Å². The highest BCUT2D eigenvalue weighted by atomic mass is 35.5. The molecule has 0 saturated carbocycles. The van der Waals surface area contributed by atoms with Crippen molar-refractivity contribution >= 4 is 28.9 Å². The van der Waals surface area contributed by atoms with Crippen LogP contribution in [0.2, 0.25) is 5.02 Å². The van der Waals surface area contributed by atoms with Gasteiger partial charge in [-0.2, -0.15) is 0 Å². The molecule has 7 nitrogen and oxygen atoms in total. The van der Waals surface area contributed by atoms with Gasteiger partial charge in [-0.25, -0.2) is 0 Å². The lowest BCUT2D eigenvalue weighted by molar-refractivity contribution is -0.384. The molecule has 3 aromatic rings. The van der Waals surface area contributed by atoms with Crippen molar-refractivity contribution in [2.45, 2.75) is 13.5 Å². The Kier molecular flexibility index (Phi) is 5.42. The van der Waals surface area contributed by atoms with Crippen LogP contribution in [0.25, 0.3) is 0 Å². The van der Waals surface area contributed by atoms with Crippen LogP contribution in [-0.2, 0) is 6.61 Å². The van der Waals surface area contributed by atoms with Gasteiger partial charge in [0.15, 0.2) is 5.76 Å². The minimum atomic E-state index is -0.587. The fourth-order valence-corrected chi connectivity index (χ4v) is 2.55. The number of nitrogens with one attached hydrogen (secondary N) is 1. The number of nitrogens with zero attached hydrogens (tertiary/aromatic N) is 1. The van der Waals surface area contributed by atoms with Gasteiger partial charge in [0.05, 0.1) is 4.92 Å². The van der Waals surface area contributed by atoms with Crippen molar-refractivity contribution in [3.05, 3.63) is 86.8 Å². The average Bonchev–Trinajstić information content (AvgIpc) is 3.10. The Morgan fingerprint density at radius 2 is 2.04 bits per heavy atom. The molecule has 0 fully saturated rings. The van der Waals surface area contributed by atoms with E-state index in [-0.39, 0.29) is 23.7 Å². The fourth-order valence-electron chi connectivity index (χ4n) is 2.37. The van der Waals surface area contributed by atoms with Gasteiger partial charge in [-0.3, -0.25) is 14.9 Å². The molecule has 0 unspecified atom stereocenters. The molecule has 1 aromatic heterocycles. The standard InChI is InChI=1S/C19H15ClN2O5/c1-12-5-7-16(17(9-12)22(24)25)21-19(23)18-8-6-15(27-18)11-26-14-4-2-3-13(20)10-14/h2-10H,11H2,1H3,(H,21,23). The zero-order valence-electron chi connectivity index (χ0n) is 14.3. The zero-order valence-corrected chi connectivity index (χ0v) is 15.0. The molecule has 0 spiro atoms. The number of nitro benzene ring substituents is 1. The summed E-state index contributed by atoms with van der Waals surface area (Å²) in [4.78, 5) is 22.9. The molecule has 0 radical (unpaired) electrons. The largest absolute Gasteiger partial charge is 0.486 e. The molecule has 8 heteroatoms. The maximum Gasteiger partial charge on any atom is 0.293 e. The Balaban J connectivity index is 1.68. The van der Waals surface area contributed by atoms with Gasteiger partial charge in [0, 0.05) is 11.1 Å². The number of benzene rings is 2. The van der Waals surface area contributed by atoms with Crippen LogP contribution in [0.1, 0.15) is 21.9 Å². The molecule has 3 rings (SSSR count). The summed E-state index contributed by atoms with van der Waals surface area (Å²) in [6.45, 7) is 1.84. The number of furan rings is 1. The van der Waals surface area contributed by atoms with Crippen molar-refractivity contribution in [2.24, 2.45) is 0 Å². The van der Waals surface area contributed by atoms with Crippen LogP contribution in [0.3, 0.4) is 0 Å². The van der Waals surface area contributed by atoms with E-state index in [9.17, 15) is 14.9 Å². The predicted octanol–water partition coefficient (Wildman–Crippen LogP) is 4.98. The first-order chi connectivity index (χ1) is 12.9. The SMILES string of the molecule is Cc1ccc(NC(=O)c2ccc(COc3cccc(Cl)c3)o2)c([N+](=O)[O-])c1. The minimum Gasteiger partial charge on any atom is -0.486 e. The molecule has 2 aromatic carbocycles. The Labute approximate surface area is 159 Å². The molecule has 0 bridgehead atoms. The lowest BCUT2D eigenvalue weighted by Gasteiger charge is -2.06. The highest BCUT2D eigenvalue weighted by Crippen LogP contribution is 2.26. The first-order valence-corrected chi connectivity index (χ1v) is 8.33. The number of anilines is 1. The van der Waals surface area contributed by atoms with E-state index in [1.807, 2.05) is 0 Å². The summed E-state index contributed by atoms with van der Waals surface area (Å²) in [5.74, 6) is 0.434. The van der Waals surface area contributed by atoms with E-state index in [0.717, 1.165) is 5.56 Å². The molecule has 0 aliphatic rings. The first kappa shape index (κ1) is 18.5. The molecule has 1 N–H and O–H groups in total. The third-order valence-electron chi connectivity index (χ3n) is 3.66. The number of halogens is 1. The zero-order chi connectivity index (χ0) is 19.4. The summed E-state index contributed by atoms with van der Waals surface area (Å²) >= 11 is 5.89. The molecule has 138 valence electrons. The number of carbonyl (C=O) groups excluding carboxylic acids is 1. The molecule has 1 amide bonds. The van der Waals surface area contributed by atoms with Gasteiger partial charge in [0.1, 0.15) is 23.8 Å². The van der Waals surface area contributed by atoms with Gasteiger partial charge >= 0.3 is 0 Å². The second-order valence-corrected chi connectivity index (χ2v) is 6.18. The number of carbonyl (C=O) groups is 1. The monoisotopic (exact) mass is 386 g/mol. The van der Waals surface area contributed by atoms with Crippen LogP contribution in [0.15, 0.2) is 59.0 Å². The van der Waals surface area contributed by atoms with E-state index in [1.165, 1.54) is 18.2 Å². The van der Waals surface area contributed by atoms with Crippen LogP contribution >= 0.6 is 11.6 Å². The number of nitro groups is 1. The van der Waals surface area contributed by atoms with Gasteiger partial charge in [-0.1, -0.05) is 23.7 Å². The summed E-state index contributed by atoms with van der Waals surface area (Å²) in [6, 6.07) is 14.5. The van der Waals surface area contributed by atoms with Crippen molar-refractivity contribution in [1.82, 2.24) is 0 Å². The van der Waals surface area contributed by atoms with E-state index in [1.54, 1.807) is 43.3 Å². The van der Waals surface area contributed by atoms with E-state index < -0.39 is 10.8 Å². The first-order valence-electron chi connectivity index (χ1n) is 7.96. The van der Waals surface area contributed by atoms with E-state index in [0.29, 0.717) is 16.5 Å². The smallest absolute Gasteiger partial charge is 0.293 e. The normalized spacial score (nSPS) is 10.4. The number of ether oxygens (including phenoxy) is 1. The van der Waals surface area contributed by atoms with E-state index in [2.05, 4.69) is 5.32 Å². The summed E-state index contributed by atoms with van der Waals surface area (Å²) in [6.07, 6.45) is 0. The van der Waals surface area contributed by atoms with Gasteiger partial charge in [0.25, 0.3) is 11.6 Å². The number of aryl methyl sites for hydroxylation is 1. The minimum absolute atomic E-state index is 0.0227. The van der Waals surface area contributed by atoms with E-state index >= 15 is 0 Å². The van der Waals surface area contributed by atoms with E-state index in [4.69, 9.17) is 20.8 Å². The van der Waals surface area contributed by atoms with Crippen molar-refractivity contribution < 1.29 is 18.9 Å². The predicted molar refractivity (Wildman–Crippen MR) is 100 cm³/mol. The van der Waals surface area contributed by atoms with Crippen LogP contribution in [0, 0.1) is 17.0 Å². The van der Waals surface area contributed by atoms with Gasteiger partial charge in [-0.15, -0.1) is 0 Å². The quantitative estimate of drug-likeness (QED) is 0.476. The average molecular weight is 387 g/mol. The molecule has 0 atom stereocenters. The van der Waals surface area contributed by atoms with Crippen molar-refractivity contribution in [3.63, 3.8) is 0 Å². The topological polar surface area (TPSA) is 94.6 Å². The molecule has 0 saturated heterocycles. The van der Waals surface area contributed by atoms with Gasteiger partial charge in [0.2, 0.25) is 0 Å². The van der Waals surface area contributed by atoms with Crippen LogP contribution in [0.4, 0.5) is 11.4 Å². The number of hydrogen-bond donors (Lipinski definition) is 1. The number of rotatable bonds is 6. The maximum absolute atomic E-state index is 12.3. The second-order valence-electron chi connectivity index (χ2n) is 5.74. The number of amides is 1. The molecule has 1 heterocycles. The Morgan fingerprint density at radius 3 is 2.78 bits per heavy atom. The number of hydrogen-bond acceptors (Lipinski definition) is 5. The summed E-state index contributed by atoms with van der Waals surface area (Å²) in [5.41, 5.74) is 0.640. The lowest BCUT2D eigenvalue weighted by atomic mass is 10.2. The van der Waals surface area contributed by atoms with Gasteiger partial charge in [-0.05, 0) is 48.9 Å². The molecule has 0 aliphatic heterocycles. The Hall–Kier alpha value is -3.32. The maximum atomic E-state index is 12.3. The third kappa shape index (κ3) is 4.65. The second kappa shape index (κ2) is 7.92. The lowest BCUT2D eigenvalue weighted by Crippen LogP contribution is -2.12. The van der Waals surface area contributed by atoms with Crippen LogP contribution in [0.5, 0.6) is 5.75 Å². The van der Waals surface area contributed by atoms with Crippen LogP contribution in [-0.4, -0.2) is 10.8 Å². The Bertz CT molecular complexity index is 999. The highest BCUT2D eigenvalue weighted by Gasteiger charge is 2.18. The summed E-state index contributed by atoms with van der Waals surface area (Å²) in [5, 5.41) is 14.2. The molecule has 0 aliphatic carbocycles. The molecular formula is C19H15ClN2O5. The highest BCUT2D eigenvalue weighted by molar-refractivity contribution is 6.30. The molecule has 27 heavy (non-hydrogen) atoms. The molecular weight excluding hydrogens is 372 g/mol. The summed E-state index contributed by atoms with van der Waals surface area (Å²) < 4.78 is 11.0. The van der Waals surface area contributed by atoms with Crippen LogP contribution < -0.4 is 10.1 Å². The van der Waals surface area contributed by atoms with Gasteiger partial charge < -0.3 is 14.5 Å². The van der Waals surface area contributed by atoms with Crippen molar-refractivity contribution in [2.75, 3.05) is 5.32 Å².